The van der Waals surface area contributed by atoms with Crippen molar-refractivity contribution in [2.45, 2.75) is 26.2 Å². The van der Waals surface area contributed by atoms with E-state index in [9.17, 15) is 9.18 Å². The van der Waals surface area contributed by atoms with Crippen molar-refractivity contribution in [1.29, 1.82) is 0 Å². The molecule has 3 heterocycles. The average molecular weight is 474 g/mol. The van der Waals surface area contributed by atoms with Crippen LogP contribution in [0.1, 0.15) is 22.7 Å². The Hall–Kier alpha value is -4.31. The third-order valence-electron chi connectivity index (χ3n) is 5.70. The summed E-state index contributed by atoms with van der Waals surface area (Å²) in [4.78, 5) is 17.9. The highest BCUT2D eigenvalue weighted by Gasteiger charge is 2.17. The molecule has 0 saturated carbocycles. The normalized spacial score (nSPS) is 11.4. The van der Waals surface area contributed by atoms with Crippen molar-refractivity contribution in [2.24, 2.45) is 0 Å². The fourth-order valence-corrected chi connectivity index (χ4v) is 3.94. The van der Waals surface area contributed by atoms with E-state index in [1.54, 1.807) is 36.3 Å². The highest BCUT2D eigenvalue weighted by atomic mass is 19.1. The molecule has 0 bridgehead atoms. The topological polar surface area (TPSA) is 102 Å². The van der Waals surface area contributed by atoms with E-state index in [4.69, 9.17) is 9.15 Å². The summed E-state index contributed by atoms with van der Waals surface area (Å²) in [5, 5.41) is 13.0. The van der Waals surface area contributed by atoms with Gasteiger partial charge >= 0.3 is 0 Å². The molecular weight excluding hydrogens is 451 g/mol. The number of H-pyrrole nitrogens is 1. The van der Waals surface area contributed by atoms with Crippen molar-refractivity contribution in [1.82, 2.24) is 30.1 Å². The van der Waals surface area contributed by atoms with Gasteiger partial charge in [-0.25, -0.2) is 9.07 Å². The first kappa shape index (κ1) is 22.5. The van der Waals surface area contributed by atoms with Gasteiger partial charge in [-0.1, -0.05) is 12.1 Å². The number of nitrogens with one attached hydrogen (secondary N) is 1. The number of methoxy groups -OCH3 is 1. The molecule has 9 nitrogen and oxygen atoms in total. The van der Waals surface area contributed by atoms with Crippen molar-refractivity contribution in [3.05, 3.63) is 106 Å². The van der Waals surface area contributed by atoms with Crippen LogP contribution in [0.25, 0.3) is 10.9 Å². The Balaban J connectivity index is 1.44. The van der Waals surface area contributed by atoms with Crippen LogP contribution in [0.4, 0.5) is 4.39 Å². The molecule has 0 unspecified atom stereocenters. The quantitative estimate of drug-likeness (QED) is 0.349. The monoisotopic (exact) mass is 474 g/mol. The van der Waals surface area contributed by atoms with E-state index in [1.165, 1.54) is 12.1 Å². The molecule has 1 N–H and O–H groups in total. The fourth-order valence-electron chi connectivity index (χ4n) is 3.94. The number of pyridine rings is 1. The van der Waals surface area contributed by atoms with E-state index in [1.807, 2.05) is 35.2 Å². The first-order chi connectivity index (χ1) is 17.1. The van der Waals surface area contributed by atoms with Gasteiger partial charge in [0.25, 0.3) is 5.56 Å². The minimum atomic E-state index is -0.302. The number of aromatic amines is 1. The van der Waals surface area contributed by atoms with E-state index in [0.29, 0.717) is 48.8 Å². The number of hydrogen-bond donors (Lipinski definition) is 1. The number of halogens is 1. The summed E-state index contributed by atoms with van der Waals surface area (Å²) < 4.78 is 25.8. The average Bonchev–Trinajstić information content (AvgIpc) is 3.53. The van der Waals surface area contributed by atoms with E-state index in [-0.39, 0.29) is 11.4 Å². The molecule has 0 fully saturated rings. The Morgan fingerprint density at radius 3 is 2.71 bits per heavy atom. The summed E-state index contributed by atoms with van der Waals surface area (Å²) in [7, 11) is 1.58. The molecule has 0 saturated heterocycles. The lowest BCUT2D eigenvalue weighted by Gasteiger charge is -2.22. The van der Waals surface area contributed by atoms with Gasteiger partial charge in [-0.05, 0) is 63.8 Å². The molecular formula is C25H23FN6O3. The SMILES string of the molecule is COc1ccc2cc(CN(Cc3ccc(F)cc3)Cc3nnnn3Cc3ccco3)c(=O)[nH]c2c1. The molecule has 0 amide bonds. The van der Waals surface area contributed by atoms with Crippen molar-refractivity contribution < 1.29 is 13.5 Å². The first-order valence-corrected chi connectivity index (χ1v) is 11.0. The van der Waals surface area contributed by atoms with E-state index in [0.717, 1.165) is 16.7 Å². The summed E-state index contributed by atoms with van der Waals surface area (Å²) >= 11 is 0. The zero-order valence-corrected chi connectivity index (χ0v) is 19.0. The molecule has 0 aliphatic rings. The van der Waals surface area contributed by atoms with Crippen molar-refractivity contribution in [3.63, 3.8) is 0 Å². The predicted octanol–water partition coefficient (Wildman–Crippen LogP) is 3.51. The van der Waals surface area contributed by atoms with Gasteiger partial charge in [0.05, 0.1) is 25.4 Å². The minimum Gasteiger partial charge on any atom is -0.497 e. The molecule has 35 heavy (non-hydrogen) atoms. The van der Waals surface area contributed by atoms with Gasteiger partial charge in [-0.15, -0.1) is 5.10 Å². The molecule has 0 spiro atoms. The molecule has 178 valence electrons. The third kappa shape index (κ3) is 5.28. The molecule has 0 radical (unpaired) electrons. The van der Waals surface area contributed by atoms with Crippen LogP contribution in [0.3, 0.4) is 0 Å². The van der Waals surface area contributed by atoms with Gasteiger partial charge in [0.15, 0.2) is 5.82 Å². The zero-order valence-electron chi connectivity index (χ0n) is 19.0. The number of tetrazole rings is 1. The van der Waals surface area contributed by atoms with Crippen LogP contribution in [-0.4, -0.2) is 37.2 Å². The first-order valence-electron chi connectivity index (χ1n) is 11.0. The molecule has 5 rings (SSSR count). The van der Waals surface area contributed by atoms with Crippen LogP contribution in [-0.2, 0) is 26.2 Å². The summed E-state index contributed by atoms with van der Waals surface area (Å²) in [6.07, 6.45) is 1.60. The molecule has 2 aromatic carbocycles. The Bertz CT molecular complexity index is 1480. The molecule has 3 aromatic heterocycles. The number of rotatable bonds is 9. The van der Waals surface area contributed by atoms with E-state index < -0.39 is 0 Å². The Kier molecular flexibility index (Phi) is 6.36. The number of ether oxygens (including phenoxy) is 1. The number of hydrogen-bond acceptors (Lipinski definition) is 7. The van der Waals surface area contributed by atoms with Crippen molar-refractivity contribution in [2.75, 3.05) is 7.11 Å². The van der Waals surface area contributed by atoms with E-state index in [2.05, 4.69) is 20.5 Å². The van der Waals surface area contributed by atoms with Crippen LogP contribution in [0.2, 0.25) is 0 Å². The van der Waals surface area contributed by atoms with Gasteiger partial charge in [0.1, 0.15) is 23.9 Å². The van der Waals surface area contributed by atoms with Crippen LogP contribution in [0, 0.1) is 5.82 Å². The summed E-state index contributed by atoms with van der Waals surface area (Å²) in [5.74, 6) is 1.71. The minimum absolute atomic E-state index is 0.190. The van der Waals surface area contributed by atoms with Crippen molar-refractivity contribution >= 4 is 10.9 Å². The van der Waals surface area contributed by atoms with Crippen LogP contribution < -0.4 is 10.3 Å². The number of aromatic nitrogens is 5. The van der Waals surface area contributed by atoms with E-state index >= 15 is 0 Å². The van der Waals surface area contributed by atoms with Crippen molar-refractivity contribution in [3.8, 4) is 5.75 Å². The Labute approximate surface area is 199 Å². The summed E-state index contributed by atoms with van der Waals surface area (Å²) in [5.41, 5.74) is 2.00. The Morgan fingerprint density at radius 1 is 1.09 bits per heavy atom. The lowest BCUT2D eigenvalue weighted by molar-refractivity contribution is 0.235. The molecule has 0 aliphatic heterocycles. The smallest absolute Gasteiger partial charge is 0.252 e. The maximum absolute atomic E-state index is 13.5. The predicted molar refractivity (Wildman–Crippen MR) is 126 cm³/mol. The third-order valence-corrected chi connectivity index (χ3v) is 5.70. The number of fused-ring (bicyclic) bond motifs is 1. The second-order valence-corrected chi connectivity index (χ2v) is 8.18. The summed E-state index contributed by atoms with van der Waals surface area (Å²) in [6.45, 7) is 1.56. The van der Waals surface area contributed by atoms with Gasteiger partial charge in [-0.3, -0.25) is 9.69 Å². The second-order valence-electron chi connectivity index (χ2n) is 8.18. The number of furan rings is 1. The molecule has 10 heteroatoms. The lowest BCUT2D eigenvalue weighted by Crippen LogP contribution is -2.28. The number of benzene rings is 2. The van der Waals surface area contributed by atoms with Gasteiger partial charge in [0, 0.05) is 24.7 Å². The van der Waals surface area contributed by atoms with Crippen LogP contribution >= 0.6 is 0 Å². The van der Waals surface area contributed by atoms with Gasteiger partial charge in [0.2, 0.25) is 0 Å². The maximum Gasteiger partial charge on any atom is 0.252 e. The Morgan fingerprint density at radius 2 is 1.94 bits per heavy atom. The molecule has 0 aliphatic carbocycles. The zero-order chi connectivity index (χ0) is 24.2. The van der Waals surface area contributed by atoms with Gasteiger partial charge in [-0.2, -0.15) is 0 Å². The van der Waals surface area contributed by atoms with Crippen LogP contribution in [0.5, 0.6) is 5.75 Å². The molecule has 5 aromatic rings. The van der Waals surface area contributed by atoms with Gasteiger partial charge < -0.3 is 14.1 Å². The molecule has 0 atom stereocenters. The highest BCUT2D eigenvalue weighted by molar-refractivity contribution is 5.80. The lowest BCUT2D eigenvalue weighted by atomic mass is 10.1. The largest absolute Gasteiger partial charge is 0.497 e. The fraction of sp³-hybridized carbons (Fsp3) is 0.200. The summed E-state index contributed by atoms with van der Waals surface area (Å²) in [6, 6.07) is 17.4. The standard InChI is InChI=1S/C25H23FN6O3/c1-34-21-9-6-18-11-19(25(33)27-23(18)12-21)14-31(13-17-4-7-20(26)8-5-17)16-24-28-29-30-32(24)15-22-3-2-10-35-22/h2-12H,13-16H2,1H3,(H,27,33). The number of nitrogens with zero attached hydrogens (tertiary/aromatic N) is 5. The van der Waals surface area contributed by atoms with Crippen LogP contribution in [0.15, 0.2) is 76.1 Å². The highest BCUT2D eigenvalue weighted by Crippen LogP contribution is 2.20. The second kappa shape index (κ2) is 9.90. The maximum atomic E-state index is 13.5.